The molecule has 0 saturated heterocycles. The molecule has 0 atom stereocenters. The van der Waals surface area contributed by atoms with Crippen LogP contribution in [0.4, 0.5) is 4.39 Å². The second-order valence-electron chi connectivity index (χ2n) is 4.16. The van der Waals surface area contributed by atoms with Crippen LogP contribution in [0.2, 0.25) is 0 Å². The lowest BCUT2D eigenvalue weighted by atomic mass is 9.91. The Morgan fingerprint density at radius 3 is 2.47 bits per heavy atom. The van der Waals surface area contributed by atoms with Crippen molar-refractivity contribution >= 4 is 15.9 Å². The molecular formula is C12H11BrFN. The third kappa shape index (κ3) is 1.48. The van der Waals surface area contributed by atoms with Crippen molar-refractivity contribution in [2.24, 2.45) is 0 Å². The van der Waals surface area contributed by atoms with E-state index >= 15 is 0 Å². The van der Waals surface area contributed by atoms with Gasteiger partial charge in [-0.25, -0.2) is 4.39 Å². The average Bonchev–Trinajstić information content (AvgIpc) is 3.01. The molecule has 1 aromatic carbocycles. The van der Waals surface area contributed by atoms with Gasteiger partial charge in [-0.2, -0.15) is 5.26 Å². The van der Waals surface area contributed by atoms with Crippen LogP contribution >= 0.6 is 15.9 Å². The van der Waals surface area contributed by atoms with Crippen LogP contribution in [0, 0.1) is 31.0 Å². The van der Waals surface area contributed by atoms with Crippen LogP contribution in [0.3, 0.4) is 0 Å². The number of rotatable bonds is 1. The molecule has 0 aliphatic heterocycles. The number of halogens is 2. The van der Waals surface area contributed by atoms with Crippen molar-refractivity contribution in [2.45, 2.75) is 32.1 Å². The molecule has 1 aromatic rings. The minimum Gasteiger partial charge on any atom is -0.206 e. The van der Waals surface area contributed by atoms with Crippen molar-refractivity contribution in [1.29, 1.82) is 5.26 Å². The molecule has 2 rings (SSSR count). The Balaban J connectivity index is 2.65. The van der Waals surface area contributed by atoms with Gasteiger partial charge in [0.1, 0.15) is 5.82 Å². The molecule has 1 saturated carbocycles. The maximum Gasteiger partial charge on any atom is 0.130 e. The summed E-state index contributed by atoms with van der Waals surface area (Å²) in [6, 6.07) is 4.19. The second kappa shape index (κ2) is 3.31. The highest BCUT2D eigenvalue weighted by molar-refractivity contribution is 9.10. The predicted octanol–water partition coefficient (Wildman–Crippen LogP) is 3.76. The lowest BCUT2D eigenvalue weighted by Gasteiger charge is -2.14. The molecule has 0 spiro atoms. The lowest BCUT2D eigenvalue weighted by molar-refractivity contribution is 0.602. The fraction of sp³-hybridized carbons (Fsp3) is 0.417. The van der Waals surface area contributed by atoms with Crippen LogP contribution in [0.5, 0.6) is 0 Å². The molecule has 1 nitrogen and oxygen atoms in total. The Labute approximate surface area is 97.0 Å². The Morgan fingerprint density at radius 1 is 1.40 bits per heavy atom. The monoisotopic (exact) mass is 267 g/mol. The Morgan fingerprint density at radius 2 is 2.00 bits per heavy atom. The van der Waals surface area contributed by atoms with Gasteiger partial charge in [-0.1, -0.05) is 15.9 Å². The fourth-order valence-corrected chi connectivity index (χ4v) is 2.31. The van der Waals surface area contributed by atoms with Crippen molar-refractivity contribution in [1.82, 2.24) is 0 Å². The fourth-order valence-electron chi connectivity index (χ4n) is 1.91. The highest BCUT2D eigenvalue weighted by Crippen LogP contribution is 2.50. The van der Waals surface area contributed by atoms with Crippen LogP contribution in [0.25, 0.3) is 0 Å². The van der Waals surface area contributed by atoms with Crippen LogP contribution in [-0.4, -0.2) is 0 Å². The molecule has 1 aliphatic carbocycles. The van der Waals surface area contributed by atoms with Crippen molar-refractivity contribution in [3.05, 3.63) is 33.0 Å². The first-order valence-electron chi connectivity index (χ1n) is 4.89. The normalized spacial score (nSPS) is 17.3. The quantitative estimate of drug-likeness (QED) is 0.760. The topological polar surface area (TPSA) is 23.8 Å². The average molecular weight is 268 g/mol. The molecule has 1 fully saturated rings. The zero-order valence-corrected chi connectivity index (χ0v) is 10.3. The molecular weight excluding hydrogens is 257 g/mol. The van der Waals surface area contributed by atoms with Gasteiger partial charge in [-0.3, -0.25) is 0 Å². The van der Waals surface area contributed by atoms with E-state index in [-0.39, 0.29) is 5.82 Å². The van der Waals surface area contributed by atoms with Gasteiger partial charge in [0.2, 0.25) is 0 Å². The number of benzene rings is 1. The summed E-state index contributed by atoms with van der Waals surface area (Å²) in [5.74, 6) is -0.194. The summed E-state index contributed by atoms with van der Waals surface area (Å²) < 4.78 is 14.6. The summed E-state index contributed by atoms with van der Waals surface area (Å²) in [7, 11) is 0. The van der Waals surface area contributed by atoms with Crippen LogP contribution in [0.1, 0.15) is 29.5 Å². The van der Waals surface area contributed by atoms with Crippen molar-refractivity contribution in [3.8, 4) is 6.07 Å². The second-order valence-corrected chi connectivity index (χ2v) is 5.02. The summed E-state index contributed by atoms with van der Waals surface area (Å²) >= 11 is 3.33. The van der Waals surface area contributed by atoms with E-state index in [9.17, 15) is 4.39 Å². The SMILES string of the molecule is Cc1c(Br)cc(C2(C#N)CC2)c(C)c1F. The van der Waals surface area contributed by atoms with Gasteiger partial charge >= 0.3 is 0 Å². The van der Waals surface area contributed by atoms with Crippen molar-refractivity contribution < 1.29 is 4.39 Å². The molecule has 0 N–H and O–H groups in total. The van der Waals surface area contributed by atoms with Crippen LogP contribution in [-0.2, 0) is 5.41 Å². The third-order valence-corrected chi connectivity index (χ3v) is 4.00. The summed E-state index contributed by atoms with van der Waals surface area (Å²) in [6.45, 7) is 3.49. The molecule has 0 bridgehead atoms. The Kier molecular flexibility index (Phi) is 2.35. The van der Waals surface area contributed by atoms with Gasteiger partial charge < -0.3 is 0 Å². The summed E-state index contributed by atoms with van der Waals surface area (Å²) in [5.41, 5.74) is 1.67. The van der Waals surface area contributed by atoms with Crippen molar-refractivity contribution in [2.75, 3.05) is 0 Å². The van der Waals surface area contributed by atoms with Gasteiger partial charge in [0.25, 0.3) is 0 Å². The van der Waals surface area contributed by atoms with E-state index in [2.05, 4.69) is 22.0 Å². The maximum absolute atomic E-state index is 13.8. The van der Waals surface area contributed by atoms with E-state index in [0.29, 0.717) is 11.1 Å². The minimum atomic E-state index is -0.416. The summed E-state index contributed by atoms with van der Waals surface area (Å²) in [6.07, 6.45) is 1.69. The molecule has 0 amide bonds. The summed E-state index contributed by atoms with van der Waals surface area (Å²) in [5, 5.41) is 9.10. The van der Waals surface area contributed by atoms with Crippen LogP contribution < -0.4 is 0 Å². The van der Waals surface area contributed by atoms with Crippen LogP contribution in [0.15, 0.2) is 10.5 Å². The first-order valence-corrected chi connectivity index (χ1v) is 5.68. The largest absolute Gasteiger partial charge is 0.206 e. The first-order chi connectivity index (χ1) is 7.02. The van der Waals surface area contributed by atoms with E-state index in [4.69, 9.17) is 5.26 Å². The summed E-state index contributed by atoms with van der Waals surface area (Å²) in [4.78, 5) is 0. The van der Waals surface area contributed by atoms with Gasteiger partial charge in [0.05, 0.1) is 11.5 Å². The maximum atomic E-state index is 13.8. The number of nitrogens with zero attached hydrogens (tertiary/aromatic N) is 1. The molecule has 1 aliphatic rings. The highest BCUT2D eigenvalue weighted by atomic mass is 79.9. The zero-order chi connectivity index (χ0) is 11.2. The number of hydrogen-bond donors (Lipinski definition) is 0. The van der Waals surface area contributed by atoms with E-state index < -0.39 is 5.41 Å². The molecule has 3 heteroatoms. The molecule has 0 aromatic heterocycles. The molecule has 0 heterocycles. The molecule has 78 valence electrons. The van der Waals surface area contributed by atoms with E-state index in [0.717, 1.165) is 22.9 Å². The van der Waals surface area contributed by atoms with Crippen molar-refractivity contribution in [3.63, 3.8) is 0 Å². The standard InChI is InChI=1S/C12H11BrFN/c1-7-9(12(6-15)3-4-12)5-10(13)8(2)11(7)14/h5H,3-4H2,1-2H3. The molecule has 0 unspecified atom stereocenters. The lowest BCUT2D eigenvalue weighted by Crippen LogP contribution is -2.08. The third-order valence-electron chi connectivity index (χ3n) is 3.17. The van der Waals surface area contributed by atoms with Gasteiger partial charge in [0.15, 0.2) is 0 Å². The minimum absolute atomic E-state index is 0.194. The van der Waals surface area contributed by atoms with E-state index in [1.807, 2.05) is 6.07 Å². The highest BCUT2D eigenvalue weighted by Gasteiger charge is 2.46. The predicted molar refractivity (Wildman–Crippen MR) is 60.1 cm³/mol. The first kappa shape index (κ1) is 10.6. The number of nitriles is 1. The smallest absolute Gasteiger partial charge is 0.130 e. The molecule has 0 radical (unpaired) electrons. The zero-order valence-electron chi connectivity index (χ0n) is 8.69. The number of hydrogen-bond acceptors (Lipinski definition) is 1. The molecule has 15 heavy (non-hydrogen) atoms. The van der Waals surface area contributed by atoms with Gasteiger partial charge in [-0.05, 0) is 49.4 Å². The Bertz CT molecular complexity index is 469. The Hall–Kier alpha value is -0.880. The van der Waals surface area contributed by atoms with E-state index in [1.165, 1.54) is 0 Å². The van der Waals surface area contributed by atoms with Gasteiger partial charge in [0, 0.05) is 4.47 Å². The van der Waals surface area contributed by atoms with Gasteiger partial charge in [-0.15, -0.1) is 0 Å². The van der Waals surface area contributed by atoms with E-state index in [1.54, 1.807) is 13.8 Å².